The molecule has 0 radical (unpaired) electrons. The molecule has 0 aromatic heterocycles. The molecule has 0 aliphatic heterocycles. The quantitative estimate of drug-likeness (QED) is 0.283. The molecule has 8 heteroatoms. The molecule has 3 aromatic carbocycles. The minimum atomic E-state index is -1.26. The van der Waals surface area contributed by atoms with Crippen LogP contribution in [0.4, 0.5) is 8.78 Å². The number of amides is 2. The molecule has 0 bridgehead atoms. The molecular formula is C35H37F2N3O3. The summed E-state index contributed by atoms with van der Waals surface area (Å²) < 4.78 is 27.4. The summed E-state index contributed by atoms with van der Waals surface area (Å²) in [7, 11) is 0. The highest BCUT2D eigenvalue weighted by Gasteiger charge is 2.26. The number of nitrogens with two attached hydrogens (primary N) is 1. The van der Waals surface area contributed by atoms with Crippen LogP contribution in [0.5, 0.6) is 0 Å². The fourth-order valence-corrected chi connectivity index (χ4v) is 4.88. The molecule has 0 fully saturated rings. The van der Waals surface area contributed by atoms with Crippen LogP contribution in [0.3, 0.4) is 0 Å². The molecule has 0 saturated heterocycles. The molecule has 0 spiro atoms. The van der Waals surface area contributed by atoms with Crippen LogP contribution in [0.25, 0.3) is 0 Å². The minimum Gasteiger partial charge on any atom is -0.390 e. The van der Waals surface area contributed by atoms with Crippen molar-refractivity contribution in [3.8, 4) is 24.7 Å². The van der Waals surface area contributed by atoms with Gasteiger partial charge in [-0.2, -0.15) is 0 Å². The van der Waals surface area contributed by atoms with Gasteiger partial charge in [0.05, 0.1) is 6.10 Å². The number of carbonyl (C=O) groups is 2. The number of terminal acetylenes is 2. The third-order valence-corrected chi connectivity index (χ3v) is 6.92. The molecule has 6 nitrogen and oxygen atoms in total. The molecule has 0 saturated carbocycles. The van der Waals surface area contributed by atoms with E-state index in [1.165, 1.54) is 17.0 Å². The zero-order valence-corrected chi connectivity index (χ0v) is 24.5. The summed E-state index contributed by atoms with van der Waals surface area (Å²) in [5.74, 6) is 2.87. The Labute approximate surface area is 252 Å². The Balaban J connectivity index is 1.96. The van der Waals surface area contributed by atoms with Gasteiger partial charge in [-0.05, 0) is 72.9 Å². The number of hydrogen-bond donors (Lipinski definition) is 2. The van der Waals surface area contributed by atoms with Crippen molar-refractivity contribution < 1.29 is 23.5 Å². The molecule has 0 aliphatic carbocycles. The summed E-state index contributed by atoms with van der Waals surface area (Å²) in [4.78, 5) is 30.5. The van der Waals surface area contributed by atoms with E-state index in [9.17, 15) is 23.5 Å². The number of rotatable bonds is 13. The van der Waals surface area contributed by atoms with Crippen molar-refractivity contribution in [2.45, 2.75) is 51.8 Å². The highest BCUT2D eigenvalue weighted by Crippen LogP contribution is 2.19. The molecule has 2 atom stereocenters. The van der Waals surface area contributed by atoms with Gasteiger partial charge in [-0.3, -0.25) is 9.59 Å². The van der Waals surface area contributed by atoms with E-state index in [-0.39, 0.29) is 36.5 Å². The predicted octanol–water partition coefficient (Wildman–Crippen LogP) is 4.76. The summed E-state index contributed by atoms with van der Waals surface area (Å²) in [5, 5.41) is 11.1. The highest BCUT2D eigenvalue weighted by atomic mass is 19.1. The van der Waals surface area contributed by atoms with Gasteiger partial charge in [0, 0.05) is 60.5 Å². The minimum absolute atomic E-state index is 0.0274. The maximum Gasteiger partial charge on any atom is 0.254 e. The first-order chi connectivity index (χ1) is 20.6. The van der Waals surface area contributed by atoms with Gasteiger partial charge in [-0.15, -0.1) is 12.8 Å². The van der Waals surface area contributed by atoms with E-state index in [1.807, 2.05) is 13.8 Å². The number of nitrogens with zero attached hydrogens (tertiary/aromatic N) is 2. The van der Waals surface area contributed by atoms with Gasteiger partial charge in [0.15, 0.2) is 0 Å². The Kier molecular flexibility index (Phi) is 12.0. The molecule has 3 N–H and O–H groups in total. The molecule has 2 amide bonds. The predicted molar refractivity (Wildman–Crippen MR) is 164 cm³/mol. The van der Waals surface area contributed by atoms with Crippen molar-refractivity contribution in [2.75, 3.05) is 19.6 Å². The number of halogens is 2. The van der Waals surface area contributed by atoms with Gasteiger partial charge in [0.25, 0.3) is 11.8 Å². The second-order valence-corrected chi connectivity index (χ2v) is 10.5. The number of aliphatic hydroxyl groups excluding tert-OH is 1. The van der Waals surface area contributed by atoms with Crippen LogP contribution < -0.4 is 5.73 Å². The molecule has 0 aliphatic rings. The van der Waals surface area contributed by atoms with Gasteiger partial charge in [0.1, 0.15) is 11.6 Å². The second kappa shape index (κ2) is 15.7. The molecular weight excluding hydrogens is 548 g/mol. The molecule has 3 aromatic rings. The van der Waals surface area contributed by atoms with Gasteiger partial charge < -0.3 is 20.6 Å². The molecule has 0 heterocycles. The van der Waals surface area contributed by atoms with E-state index in [0.717, 1.165) is 31.0 Å². The van der Waals surface area contributed by atoms with Crippen molar-refractivity contribution in [3.05, 3.63) is 106 Å². The monoisotopic (exact) mass is 585 g/mol. The average Bonchev–Trinajstić information content (AvgIpc) is 2.99. The lowest BCUT2D eigenvalue weighted by molar-refractivity contribution is 0.0554. The summed E-state index contributed by atoms with van der Waals surface area (Å²) in [6, 6.07) is 13.8. The van der Waals surface area contributed by atoms with E-state index < -0.39 is 29.7 Å². The van der Waals surface area contributed by atoms with Crippen LogP contribution in [0, 0.1) is 36.3 Å². The average molecular weight is 586 g/mol. The van der Waals surface area contributed by atoms with Crippen molar-refractivity contribution in [1.29, 1.82) is 0 Å². The van der Waals surface area contributed by atoms with Crippen LogP contribution in [-0.2, 0) is 13.0 Å². The topological polar surface area (TPSA) is 86.9 Å². The Bertz CT molecular complexity index is 1500. The van der Waals surface area contributed by atoms with Gasteiger partial charge in [0.2, 0.25) is 0 Å². The van der Waals surface area contributed by atoms with Gasteiger partial charge in [-0.1, -0.05) is 37.8 Å². The first kappa shape index (κ1) is 33.0. The first-order valence-electron chi connectivity index (χ1n) is 14.2. The fraction of sp³-hybridized carbons (Fsp3) is 0.314. The lowest BCUT2D eigenvalue weighted by atomic mass is 10.00. The van der Waals surface area contributed by atoms with Crippen molar-refractivity contribution >= 4 is 11.8 Å². The van der Waals surface area contributed by atoms with E-state index in [4.69, 9.17) is 18.6 Å². The lowest BCUT2D eigenvalue weighted by Gasteiger charge is -2.29. The molecule has 43 heavy (non-hydrogen) atoms. The lowest BCUT2D eigenvalue weighted by Crippen LogP contribution is -2.46. The third kappa shape index (κ3) is 9.24. The fourth-order valence-electron chi connectivity index (χ4n) is 4.88. The van der Waals surface area contributed by atoms with E-state index >= 15 is 0 Å². The molecule has 224 valence electrons. The number of carbonyl (C=O) groups excluding carboxylic acids is 2. The second-order valence-electron chi connectivity index (χ2n) is 10.5. The molecule has 0 unspecified atom stereocenters. The van der Waals surface area contributed by atoms with Gasteiger partial charge >= 0.3 is 0 Å². The summed E-state index contributed by atoms with van der Waals surface area (Å²) in [5.41, 5.74) is 8.67. The van der Waals surface area contributed by atoms with Crippen LogP contribution in [-0.4, -0.2) is 58.5 Å². The van der Waals surface area contributed by atoms with Crippen molar-refractivity contribution in [3.63, 3.8) is 0 Å². The number of hydrogen-bond acceptors (Lipinski definition) is 4. The number of aliphatic hydroxyl groups is 1. The third-order valence-electron chi connectivity index (χ3n) is 6.92. The van der Waals surface area contributed by atoms with Crippen LogP contribution >= 0.6 is 0 Å². The standard InChI is InChI=1S/C35H37F2N3O3/c1-5-12-39(13-6-2)34(42)28-15-25(8-4)16-29(20-28)35(43)40(22-26-11-9-10-24(7-3)14-26)23-33(41)32(38)19-27-17-30(36)21-31(37)18-27/h3-4,9-11,14-18,20-21,32-33,41H,5-6,12-13,19,22-23,38H2,1-2H3/t32-,33+/m0/s1. The maximum absolute atomic E-state index is 14.0. The Morgan fingerprint density at radius 1 is 0.837 bits per heavy atom. The van der Waals surface area contributed by atoms with Gasteiger partial charge in [-0.25, -0.2) is 8.78 Å². The van der Waals surface area contributed by atoms with Crippen LogP contribution in [0.1, 0.15) is 69.7 Å². The Morgan fingerprint density at radius 3 is 1.98 bits per heavy atom. The van der Waals surface area contributed by atoms with E-state index in [1.54, 1.807) is 35.2 Å². The zero-order chi connectivity index (χ0) is 31.5. The molecule has 3 rings (SSSR count). The van der Waals surface area contributed by atoms with Crippen molar-refractivity contribution in [2.24, 2.45) is 5.73 Å². The zero-order valence-electron chi connectivity index (χ0n) is 24.5. The first-order valence-corrected chi connectivity index (χ1v) is 14.2. The largest absolute Gasteiger partial charge is 0.390 e. The van der Waals surface area contributed by atoms with Crippen LogP contribution in [0.15, 0.2) is 60.7 Å². The Morgan fingerprint density at radius 2 is 1.42 bits per heavy atom. The SMILES string of the molecule is C#Cc1cccc(CN(C[C@@H](O)[C@@H](N)Cc2cc(F)cc(F)c2)C(=O)c2cc(C#C)cc(C(=O)N(CCC)CCC)c2)c1. The van der Waals surface area contributed by atoms with Crippen molar-refractivity contribution in [1.82, 2.24) is 9.80 Å². The highest BCUT2D eigenvalue weighted by molar-refractivity contribution is 6.00. The summed E-state index contributed by atoms with van der Waals surface area (Å²) in [6.45, 7) is 4.95. The van der Waals surface area contributed by atoms with E-state index in [0.29, 0.717) is 35.3 Å². The van der Waals surface area contributed by atoms with Crippen LogP contribution in [0.2, 0.25) is 0 Å². The Hall–Kier alpha value is -4.50. The maximum atomic E-state index is 14.0. The summed E-state index contributed by atoms with van der Waals surface area (Å²) in [6.07, 6.45) is 11.5. The smallest absolute Gasteiger partial charge is 0.254 e. The summed E-state index contributed by atoms with van der Waals surface area (Å²) >= 11 is 0. The van der Waals surface area contributed by atoms with E-state index in [2.05, 4.69) is 11.8 Å². The number of benzene rings is 3. The normalized spacial score (nSPS) is 12.1.